The third kappa shape index (κ3) is 2.50. The number of anilines is 1. The summed E-state index contributed by atoms with van der Waals surface area (Å²) in [7, 11) is 0. The molecule has 0 aromatic carbocycles. The van der Waals surface area contributed by atoms with Gasteiger partial charge in [0.15, 0.2) is 0 Å². The van der Waals surface area contributed by atoms with Crippen molar-refractivity contribution < 1.29 is 5.11 Å². The van der Waals surface area contributed by atoms with Crippen LogP contribution >= 0.6 is 11.3 Å². The molecule has 0 radical (unpaired) electrons. The van der Waals surface area contributed by atoms with E-state index in [0.29, 0.717) is 0 Å². The first-order valence-electron chi connectivity index (χ1n) is 6.44. The molecule has 7 heteroatoms. The average molecular weight is 289 g/mol. The molecule has 3 aromatic heterocycles. The summed E-state index contributed by atoms with van der Waals surface area (Å²) < 4.78 is 1.75. The summed E-state index contributed by atoms with van der Waals surface area (Å²) in [6.45, 7) is 2.12. The molecule has 6 nitrogen and oxygen atoms in total. The standard InChI is InChI=1S/C13H15N5OS/c1-2-10(8-19)15-12-17-18-7-11(16-13(18)20-12)9-4-3-5-14-6-9/h3-7,10,19H,2,8H2,1H3,(H,15,17)/t10-/m0/s1. The van der Waals surface area contributed by atoms with Crippen molar-refractivity contribution in [2.45, 2.75) is 19.4 Å². The van der Waals surface area contributed by atoms with Crippen molar-refractivity contribution in [2.24, 2.45) is 0 Å². The van der Waals surface area contributed by atoms with Gasteiger partial charge in [-0.3, -0.25) is 4.98 Å². The molecule has 3 aromatic rings. The van der Waals surface area contributed by atoms with Crippen molar-refractivity contribution >= 4 is 21.4 Å². The van der Waals surface area contributed by atoms with Gasteiger partial charge in [-0.1, -0.05) is 18.3 Å². The van der Waals surface area contributed by atoms with Crippen molar-refractivity contribution in [2.75, 3.05) is 11.9 Å². The first-order chi connectivity index (χ1) is 9.80. The summed E-state index contributed by atoms with van der Waals surface area (Å²) in [5.41, 5.74) is 1.83. The highest BCUT2D eigenvalue weighted by Crippen LogP contribution is 2.24. The molecule has 20 heavy (non-hydrogen) atoms. The van der Waals surface area contributed by atoms with Gasteiger partial charge in [-0.25, -0.2) is 9.50 Å². The van der Waals surface area contributed by atoms with Gasteiger partial charge in [-0.15, -0.1) is 5.10 Å². The lowest BCUT2D eigenvalue weighted by Crippen LogP contribution is -2.22. The van der Waals surface area contributed by atoms with Crippen LogP contribution in [0.15, 0.2) is 30.7 Å². The third-order valence-electron chi connectivity index (χ3n) is 3.04. The zero-order chi connectivity index (χ0) is 13.9. The van der Waals surface area contributed by atoms with Gasteiger partial charge in [-0.2, -0.15) is 0 Å². The fourth-order valence-electron chi connectivity index (χ4n) is 1.86. The highest BCUT2D eigenvalue weighted by Gasteiger charge is 2.12. The normalized spacial score (nSPS) is 12.7. The van der Waals surface area contributed by atoms with Crippen LogP contribution < -0.4 is 5.32 Å². The molecule has 1 atom stereocenters. The Morgan fingerprint density at radius 1 is 1.50 bits per heavy atom. The largest absolute Gasteiger partial charge is 0.394 e. The van der Waals surface area contributed by atoms with Crippen LogP contribution in [-0.4, -0.2) is 37.3 Å². The molecule has 0 saturated carbocycles. The second-order valence-electron chi connectivity index (χ2n) is 4.43. The van der Waals surface area contributed by atoms with Crippen molar-refractivity contribution in [1.82, 2.24) is 19.6 Å². The fraction of sp³-hybridized carbons (Fsp3) is 0.308. The molecule has 3 heterocycles. The number of aromatic nitrogens is 4. The summed E-state index contributed by atoms with van der Waals surface area (Å²) in [4.78, 5) is 9.45. The lowest BCUT2D eigenvalue weighted by Gasteiger charge is -2.11. The molecule has 0 spiro atoms. The van der Waals surface area contributed by atoms with Gasteiger partial charge < -0.3 is 10.4 Å². The van der Waals surface area contributed by atoms with E-state index in [2.05, 4.69) is 20.4 Å². The highest BCUT2D eigenvalue weighted by atomic mass is 32.1. The predicted octanol–water partition coefficient (Wildman–Crippen LogP) is 2.04. The maximum Gasteiger partial charge on any atom is 0.214 e. The van der Waals surface area contributed by atoms with Crippen LogP contribution in [0.25, 0.3) is 16.2 Å². The average Bonchev–Trinajstić information content (AvgIpc) is 3.03. The topological polar surface area (TPSA) is 75.3 Å². The van der Waals surface area contributed by atoms with Crippen LogP contribution in [0.1, 0.15) is 13.3 Å². The molecule has 2 N–H and O–H groups in total. The highest BCUT2D eigenvalue weighted by molar-refractivity contribution is 7.20. The minimum Gasteiger partial charge on any atom is -0.394 e. The number of aliphatic hydroxyl groups is 1. The molecule has 0 saturated heterocycles. The van der Waals surface area contributed by atoms with E-state index in [1.807, 2.05) is 25.3 Å². The Bertz CT molecular complexity index is 658. The molecule has 0 aliphatic carbocycles. The molecule has 0 unspecified atom stereocenters. The van der Waals surface area contributed by atoms with Gasteiger partial charge in [0, 0.05) is 18.0 Å². The fourth-order valence-corrected chi connectivity index (χ4v) is 2.72. The molecule has 104 valence electrons. The van der Waals surface area contributed by atoms with Crippen molar-refractivity contribution in [3.8, 4) is 11.3 Å². The van der Waals surface area contributed by atoms with Crippen LogP contribution in [-0.2, 0) is 0 Å². The van der Waals surface area contributed by atoms with Crippen LogP contribution in [0.3, 0.4) is 0 Å². The van der Waals surface area contributed by atoms with Crippen LogP contribution in [0.4, 0.5) is 5.13 Å². The third-order valence-corrected chi connectivity index (χ3v) is 3.90. The summed E-state index contributed by atoms with van der Waals surface area (Å²) in [6, 6.07) is 3.89. The van der Waals surface area contributed by atoms with Crippen LogP contribution in [0.5, 0.6) is 0 Å². The molecule has 0 bridgehead atoms. The number of hydrogen-bond donors (Lipinski definition) is 2. The zero-order valence-corrected chi connectivity index (χ0v) is 11.8. The number of imidazole rings is 1. The molecule has 0 fully saturated rings. The molecule has 0 aliphatic heterocycles. The Hall–Kier alpha value is -1.99. The van der Waals surface area contributed by atoms with Gasteiger partial charge in [-0.05, 0) is 18.6 Å². The minimum atomic E-state index is 0.0312. The van der Waals surface area contributed by atoms with Crippen molar-refractivity contribution in [3.63, 3.8) is 0 Å². The maximum atomic E-state index is 9.19. The zero-order valence-electron chi connectivity index (χ0n) is 11.0. The van der Waals surface area contributed by atoms with Gasteiger partial charge in [0.05, 0.1) is 24.5 Å². The number of rotatable bonds is 5. The first kappa shape index (κ1) is 13.0. The number of nitrogens with zero attached hydrogens (tertiary/aromatic N) is 4. The Morgan fingerprint density at radius 3 is 3.05 bits per heavy atom. The van der Waals surface area contributed by atoms with Crippen LogP contribution in [0, 0.1) is 0 Å². The number of nitrogens with one attached hydrogen (secondary N) is 1. The van der Waals surface area contributed by atoms with E-state index in [1.54, 1.807) is 16.9 Å². The maximum absolute atomic E-state index is 9.19. The Labute approximate surface area is 120 Å². The lowest BCUT2D eigenvalue weighted by molar-refractivity contribution is 0.271. The molecule has 0 aliphatic rings. The molecule has 0 amide bonds. The van der Waals surface area contributed by atoms with E-state index in [0.717, 1.165) is 27.8 Å². The second kappa shape index (κ2) is 5.56. The van der Waals surface area contributed by atoms with E-state index in [1.165, 1.54) is 11.3 Å². The second-order valence-corrected chi connectivity index (χ2v) is 5.39. The summed E-state index contributed by atoms with van der Waals surface area (Å²) in [5, 5.41) is 17.6. The van der Waals surface area contributed by atoms with Gasteiger partial charge >= 0.3 is 0 Å². The quantitative estimate of drug-likeness (QED) is 0.751. The number of aliphatic hydroxyl groups excluding tert-OH is 1. The van der Waals surface area contributed by atoms with Gasteiger partial charge in [0.1, 0.15) is 0 Å². The monoisotopic (exact) mass is 289 g/mol. The Kier molecular flexibility index (Phi) is 3.62. The Balaban J connectivity index is 1.86. The Morgan fingerprint density at radius 2 is 2.40 bits per heavy atom. The number of fused-ring (bicyclic) bond motifs is 1. The van der Waals surface area contributed by atoms with E-state index >= 15 is 0 Å². The number of pyridine rings is 1. The van der Waals surface area contributed by atoms with Crippen LogP contribution in [0.2, 0.25) is 0 Å². The van der Waals surface area contributed by atoms with E-state index in [9.17, 15) is 5.11 Å². The molecular formula is C13H15N5OS. The summed E-state index contributed by atoms with van der Waals surface area (Å²) in [6.07, 6.45) is 6.25. The van der Waals surface area contributed by atoms with Crippen molar-refractivity contribution in [3.05, 3.63) is 30.7 Å². The van der Waals surface area contributed by atoms with E-state index in [-0.39, 0.29) is 12.6 Å². The predicted molar refractivity (Wildman–Crippen MR) is 78.9 cm³/mol. The van der Waals surface area contributed by atoms with E-state index < -0.39 is 0 Å². The van der Waals surface area contributed by atoms with Gasteiger partial charge in [0.25, 0.3) is 0 Å². The number of hydrogen-bond acceptors (Lipinski definition) is 6. The molecule has 3 rings (SSSR count). The SMILES string of the molecule is CC[C@@H](CO)Nc1nn2cc(-c3cccnc3)nc2s1. The minimum absolute atomic E-state index is 0.0312. The van der Waals surface area contributed by atoms with Gasteiger partial charge in [0.2, 0.25) is 10.1 Å². The lowest BCUT2D eigenvalue weighted by atomic mass is 10.2. The van der Waals surface area contributed by atoms with E-state index in [4.69, 9.17) is 0 Å². The summed E-state index contributed by atoms with van der Waals surface area (Å²) in [5.74, 6) is 0. The first-order valence-corrected chi connectivity index (χ1v) is 7.25. The van der Waals surface area contributed by atoms with Crippen molar-refractivity contribution in [1.29, 1.82) is 0 Å². The smallest absolute Gasteiger partial charge is 0.214 e. The molecular weight excluding hydrogens is 274 g/mol. The summed E-state index contributed by atoms with van der Waals surface area (Å²) >= 11 is 1.47.